The Hall–Kier alpha value is -2.54. The summed E-state index contributed by atoms with van der Waals surface area (Å²) in [5.74, 6) is 0. The third-order valence-corrected chi connectivity index (χ3v) is 3.38. The van der Waals surface area contributed by atoms with Gasteiger partial charge in [0.15, 0.2) is 11.2 Å². The van der Waals surface area contributed by atoms with Crippen LogP contribution in [0.4, 0.5) is 0 Å². The van der Waals surface area contributed by atoms with E-state index in [2.05, 4.69) is 15.3 Å². The maximum atomic E-state index is 12.3. The minimum Gasteiger partial charge on any atom is -0.387 e. The molecule has 7 heteroatoms. The van der Waals surface area contributed by atoms with Crippen LogP contribution in [0.1, 0.15) is 17.2 Å². The predicted octanol–water partition coefficient (Wildman–Crippen LogP) is 0.567. The van der Waals surface area contributed by atoms with Crippen LogP contribution in [-0.4, -0.2) is 29.7 Å². The van der Waals surface area contributed by atoms with Crippen molar-refractivity contribution < 1.29 is 5.11 Å². The van der Waals surface area contributed by atoms with Crippen LogP contribution in [0.2, 0.25) is 0 Å². The van der Waals surface area contributed by atoms with Crippen LogP contribution < -0.4 is 5.56 Å². The maximum absolute atomic E-state index is 12.3. The van der Waals surface area contributed by atoms with E-state index in [1.807, 2.05) is 31.2 Å². The van der Waals surface area contributed by atoms with Gasteiger partial charge in [-0.15, -0.1) is 5.10 Å². The number of hydrogen-bond acceptors (Lipinski definition) is 5. The number of rotatable bonds is 3. The van der Waals surface area contributed by atoms with Gasteiger partial charge in [-0.05, 0) is 12.5 Å². The summed E-state index contributed by atoms with van der Waals surface area (Å²) in [6, 6.07) is 7.55. The van der Waals surface area contributed by atoms with Gasteiger partial charge in [-0.3, -0.25) is 9.36 Å². The molecule has 1 atom stereocenters. The lowest BCUT2D eigenvalue weighted by molar-refractivity contribution is 0.155. The highest BCUT2D eigenvalue weighted by Crippen LogP contribution is 2.15. The van der Waals surface area contributed by atoms with Crippen molar-refractivity contribution >= 4 is 11.2 Å². The van der Waals surface area contributed by atoms with E-state index in [9.17, 15) is 9.90 Å². The molecule has 3 rings (SSSR count). The molecule has 108 valence electrons. The lowest BCUT2D eigenvalue weighted by Gasteiger charge is -2.13. The molecule has 2 heterocycles. The van der Waals surface area contributed by atoms with Crippen molar-refractivity contribution in [2.45, 2.75) is 19.6 Å². The standard InChI is InChI=1S/C14H15N5O2/c1-9-4-3-5-10(6-9)11(20)7-19-8-15-13-12(14(19)21)16-17-18(13)2/h3-6,8,11,20H,7H2,1-2H3. The van der Waals surface area contributed by atoms with Crippen molar-refractivity contribution in [1.82, 2.24) is 24.5 Å². The Balaban J connectivity index is 1.95. The molecule has 2 aromatic heterocycles. The second-order valence-electron chi connectivity index (χ2n) is 5.02. The molecule has 0 amide bonds. The molecule has 0 fully saturated rings. The molecular formula is C14H15N5O2. The zero-order valence-electron chi connectivity index (χ0n) is 11.8. The SMILES string of the molecule is Cc1cccc(C(O)Cn2cnc3c(nnn3C)c2=O)c1. The predicted molar refractivity (Wildman–Crippen MR) is 76.7 cm³/mol. The first kappa shape index (κ1) is 13.4. The molecule has 0 saturated heterocycles. The van der Waals surface area contributed by atoms with E-state index in [1.165, 1.54) is 15.6 Å². The van der Waals surface area contributed by atoms with Gasteiger partial charge in [0.2, 0.25) is 0 Å². The van der Waals surface area contributed by atoms with Crippen molar-refractivity contribution in [3.8, 4) is 0 Å². The molecule has 0 aliphatic rings. The summed E-state index contributed by atoms with van der Waals surface area (Å²) in [5.41, 5.74) is 2.15. The highest BCUT2D eigenvalue weighted by Gasteiger charge is 2.14. The number of aliphatic hydroxyl groups excluding tert-OH is 1. The fraction of sp³-hybridized carbons (Fsp3) is 0.286. The van der Waals surface area contributed by atoms with Crippen LogP contribution in [0.15, 0.2) is 35.4 Å². The van der Waals surface area contributed by atoms with E-state index in [0.29, 0.717) is 5.65 Å². The summed E-state index contributed by atoms with van der Waals surface area (Å²) >= 11 is 0. The van der Waals surface area contributed by atoms with Gasteiger partial charge in [-0.2, -0.15) is 0 Å². The van der Waals surface area contributed by atoms with E-state index >= 15 is 0 Å². The van der Waals surface area contributed by atoms with Crippen molar-refractivity contribution in [2.24, 2.45) is 7.05 Å². The molecular weight excluding hydrogens is 270 g/mol. The number of aliphatic hydroxyl groups is 1. The fourth-order valence-corrected chi connectivity index (χ4v) is 2.25. The smallest absolute Gasteiger partial charge is 0.283 e. The number of nitrogens with zero attached hydrogens (tertiary/aromatic N) is 5. The molecule has 0 aliphatic carbocycles. The quantitative estimate of drug-likeness (QED) is 0.760. The molecule has 1 aromatic carbocycles. The molecule has 0 bridgehead atoms. The zero-order chi connectivity index (χ0) is 15.0. The molecule has 0 spiro atoms. The third kappa shape index (κ3) is 2.43. The van der Waals surface area contributed by atoms with Crippen LogP contribution in [0.3, 0.4) is 0 Å². The minimum absolute atomic E-state index is 0.127. The monoisotopic (exact) mass is 285 g/mol. The Morgan fingerprint density at radius 2 is 2.19 bits per heavy atom. The summed E-state index contributed by atoms with van der Waals surface area (Å²) < 4.78 is 2.79. The number of hydrogen-bond donors (Lipinski definition) is 1. The van der Waals surface area contributed by atoms with Crippen LogP contribution >= 0.6 is 0 Å². The zero-order valence-corrected chi connectivity index (χ0v) is 11.8. The number of benzene rings is 1. The summed E-state index contributed by atoms with van der Waals surface area (Å²) in [4.78, 5) is 16.4. The topological polar surface area (TPSA) is 85.8 Å². The third-order valence-electron chi connectivity index (χ3n) is 3.38. The van der Waals surface area contributed by atoms with Gasteiger partial charge in [-0.1, -0.05) is 35.0 Å². The molecule has 0 aliphatic heterocycles. The average molecular weight is 285 g/mol. The normalized spacial score (nSPS) is 12.7. The largest absolute Gasteiger partial charge is 0.387 e. The number of aryl methyl sites for hydroxylation is 2. The van der Waals surface area contributed by atoms with Crippen molar-refractivity contribution in [3.05, 3.63) is 52.1 Å². The van der Waals surface area contributed by atoms with Crippen LogP contribution in [0.25, 0.3) is 11.2 Å². The van der Waals surface area contributed by atoms with Crippen molar-refractivity contribution in [2.75, 3.05) is 0 Å². The van der Waals surface area contributed by atoms with Crippen LogP contribution in [0, 0.1) is 6.92 Å². The molecule has 7 nitrogen and oxygen atoms in total. The fourth-order valence-electron chi connectivity index (χ4n) is 2.25. The minimum atomic E-state index is -0.779. The van der Waals surface area contributed by atoms with Gasteiger partial charge in [0.25, 0.3) is 5.56 Å². The number of fused-ring (bicyclic) bond motifs is 1. The van der Waals surface area contributed by atoms with Gasteiger partial charge in [0.05, 0.1) is 12.6 Å². The molecule has 21 heavy (non-hydrogen) atoms. The molecule has 1 unspecified atom stereocenters. The van der Waals surface area contributed by atoms with E-state index in [4.69, 9.17) is 0 Å². The van der Waals surface area contributed by atoms with E-state index in [-0.39, 0.29) is 17.6 Å². The van der Waals surface area contributed by atoms with Gasteiger partial charge in [0, 0.05) is 7.05 Å². The Morgan fingerprint density at radius 1 is 1.38 bits per heavy atom. The lowest BCUT2D eigenvalue weighted by atomic mass is 10.1. The van der Waals surface area contributed by atoms with E-state index in [0.717, 1.165) is 11.1 Å². The van der Waals surface area contributed by atoms with Crippen molar-refractivity contribution in [1.29, 1.82) is 0 Å². The summed E-state index contributed by atoms with van der Waals surface area (Å²) in [6.45, 7) is 2.08. The average Bonchev–Trinajstić information content (AvgIpc) is 2.84. The number of aromatic nitrogens is 5. The highest BCUT2D eigenvalue weighted by molar-refractivity contribution is 5.67. The Morgan fingerprint density at radius 3 is 2.95 bits per heavy atom. The van der Waals surface area contributed by atoms with E-state index in [1.54, 1.807) is 7.05 Å². The maximum Gasteiger partial charge on any atom is 0.283 e. The van der Waals surface area contributed by atoms with Gasteiger partial charge < -0.3 is 5.11 Å². The highest BCUT2D eigenvalue weighted by atomic mass is 16.3. The van der Waals surface area contributed by atoms with E-state index < -0.39 is 6.10 Å². The van der Waals surface area contributed by atoms with Crippen LogP contribution in [-0.2, 0) is 13.6 Å². The van der Waals surface area contributed by atoms with Gasteiger partial charge in [0.1, 0.15) is 6.33 Å². The first-order chi connectivity index (χ1) is 10.1. The van der Waals surface area contributed by atoms with Crippen molar-refractivity contribution in [3.63, 3.8) is 0 Å². The lowest BCUT2D eigenvalue weighted by Crippen LogP contribution is -2.24. The second kappa shape index (κ2) is 5.10. The summed E-state index contributed by atoms with van der Waals surface area (Å²) in [7, 11) is 1.67. The molecule has 3 aromatic rings. The van der Waals surface area contributed by atoms with Gasteiger partial charge >= 0.3 is 0 Å². The van der Waals surface area contributed by atoms with Gasteiger partial charge in [-0.25, -0.2) is 9.67 Å². The first-order valence-corrected chi connectivity index (χ1v) is 6.55. The first-order valence-electron chi connectivity index (χ1n) is 6.55. The van der Waals surface area contributed by atoms with Crippen LogP contribution in [0.5, 0.6) is 0 Å². The summed E-state index contributed by atoms with van der Waals surface area (Å²) in [6.07, 6.45) is 0.631. The second-order valence-corrected chi connectivity index (χ2v) is 5.02. The Kier molecular flexibility index (Phi) is 3.26. The Bertz CT molecular complexity index is 852. The molecule has 1 N–H and O–H groups in total. The molecule has 0 saturated carbocycles. The molecule has 0 radical (unpaired) electrons. The summed E-state index contributed by atoms with van der Waals surface area (Å²) in [5, 5.41) is 17.9. The Labute approximate surface area is 120 Å².